The Balaban J connectivity index is 2.80. The zero-order valence-electron chi connectivity index (χ0n) is 10.0. The first-order chi connectivity index (χ1) is 7.08. The van der Waals surface area contributed by atoms with Crippen molar-refractivity contribution in [3.05, 3.63) is 17.5 Å². The summed E-state index contributed by atoms with van der Waals surface area (Å²) in [5.74, 6) is 0.571. The third-order valence-corrected chi connectivity index (χ3v) is 2.78. The summed E-state index contributed by atoms with van der Waals surface area (Å²) in [5, 5.41) is 4.43. The van der Waals surface area contributed by atoms with Gasteiger partial charge in [-0.15, -0.1) is 0 Å². The fourth-order valence-electron chi connectivity index (χ4n) is 1.56. The van der Waals surface area contributed by atoms with Crippen molar-refractivity contribution in [2.45, 2.75) is 39.5 Å². The molecule has 0 radical (unpaired) electrons. The number of carbonyl (C=O) groups excluding carboxylic acids is 1. The molecule has 3 heteroatoms. The van der Waals surface area contributed by atoms with Crippen molar-refractivity contribution in [2.24, 2.45) is 13.0 Å². The minimum absolute atomic E-state index is 0.125. The monoisotopic (exact) mass is 208 g/mol. The van der Waals surface area contributed by atoms with Crippen LogP contribution in [0.2, 0.25) is 0 Å². The first-order valence-corrected chi connectivity index (χ1v) is 5.56. The second-order valence-electron chi connectivity index (χ2n) is 4.35. The van der Waals surface area contributed by atoms with Crippen LogP contribution in [0.1, 0.15) is 44.5 Å². The molecule has 0 spiro atoms. The van der Waals surface area contributed by atoms with E-state index >= 15 is 0 Å². The van der Waals surface area contributed by atoms with E-state index in [9.17, 15) is 4.79 Å². The number of carbonyl (C=O) groups is 1. The number of aryl methyl sites for hydroxylation is 1. The van der Waals surface area contributed by atoms with Gasteiger partial charge in [-0.05, 0) is 24.8 Å². The zero-order chi connectivity index (χ0) is 11.4. The molecule has 1 rings (SSSR count). The molecule has 15 heavy (non-hydrogen) atoms. The van der Waals surface area contributed by atoms with Gasteiger partial charge in [0, 0.05) is 18.7 Å². The van der Waals surface area contributed by atoms with Gasteiger partial charge in [-0.1, -0.05) is 20.8 Å². The Morgan fingerprint density at radius 2 is 2.20 bits per heavy atom. The van der Waals surface area contributed by atoms with Gasteiger partial charge in [0.1, 0.15) is 6.29 Å². The summed E-state index contributed by atoms with van der Waals surface area (Å²) in [5.41, 5.74) is 2.26. The van der Waals surface area contributed by atoms with E-state index in [4.69, 9.17) is 0 Å². The molecule has 1 aromatic heterocycles. The quantitative estimate of drug-likeness (QED) is 0.696. The first kappa shape index (κ1) is 12.0. The van der Waals surface area contributed by atoms with E-state index in [1.54, 1.807) is 0 Å². The smallest absolute Gasteiger partial charge is 0.123 e. The maximum atomic E-state index is 10.8. The van der Waals surface area contributed by atoms with Crippen molar-refractivity contribution in [1.82, 2.24) is 9.78 Å². The van der Waals surface area contributed by atoms with Crippen LogP contribution in [0.4, 0.5) is 0 Å². The normalized spacial score (nSPS) is 13.1. The molecule has 3 nitrogen and oxygen atoms in total. The average molecular weight is 208 g/mol. The molecule has 84 valence electrons. The Hall–Kier alpha value is -1.12. The second-order valence-corrected chi connectivity index (χ2v) is 4.35. The fourth-order valence-corrected chi connectivity index (χ4v) is 1.56. The Bertz CT molecular complexity index is 328. The lowest BCUT2D eigenvalue weighted by molar-refractivity contribution is -0.111. The summed E-state index contributed by atoms with van der Waals surface area (Å²) in [7, 11) is 1.94. The lowest BCUT2D eigenvalue weighted by Crippen LogP contribution is -2.08. The molecule has 0 saturated heterocycles. The number of rotatable bonds is 5. The van der Waals surface area contributed by atoms with Crippen LogP contribution in [0, 0.1) is 5.92 Å². The predicted molar refractivity (Wildman–Crippen MR) is 60.8 cm³/mol. The number of hydrogen-bond acceptors (Lipinski definition) is 2. The molecule has 0 amide bonds. The summed E-state index contributed by atoms with van der Waals surface area (Å²) in [6.07, 6.45) is 2.74. The Morgan fingerprint density at radius 3 is 2.60 bits per heavy atom. The molecule has 0 aliphatic heterocycles. The molecule has 0 saturated carbocycles. The Kier molecular flexibility index (Phi) is 4.06. The molecule has 0 aromatic carbocycles. The third-order valence-electron chi connectivity index (χ3n) is 2.78. The van der Waals surface area contributed by atoms with Crippen LogP contribution in [0.5, 0.6) is 0 Å². The Labute approximate surface area is 91.5 Å². The van der Waals surface area contributed by atoms with Crippen molar-refractivity contribution in [3.63, 3.8) is 0 Å². The summed E-state index contributed by atoms with van der Waals surface area (Å²) in [4.78, 5) is 10.8. The van der Waals surface area contributed by atoms with Gasteiger partial charge in [0.2, 0.25) is 0 Å². The molecule has 0 N–H and O–H groups in total. The molecule has 0 aliphatic rings. The second kappa shape index (κ2) is 5.10. The van der Waals surface area contributed by atoms with Crippen LogP contribution in [-0.2, 0) is 18.3 Å². The van der Waals surface area contributed by atoms with Crippen LogP contribution in [0.15, 0.2) is 6.07 Å². The largest absolute Gasteiger partial charge is 0.303 e. The zero-order valence-corrected chi connectivity index (χ0v) is 10.0. The maximum Gasteiger partial charge on any atom is 0.123 e. The van der Waals surface area contributed by atoms with Gasteiger partial charge in [0.15, 0.2) is 0 Å². The Morgan fingerprint density at radius 1 is 1.53 bits per heavy atom. The van der Waals surface area contributed by atoms with Gasteiger partial charge in [-0.3, -0.25) is 4.68 Å². The van der Waals surface area contributed by atoms with Crippen LogP contribution in [0.3, 0.4) is 0 Å². The van der Waals surface area contributed by atoms with Crippen LogP contribution >= 0.6 is 0 Å². The van der Waals surface area contributed by atoms with Crippen LogP contribution in [-0.4, -0.2) is 16.1 Å². The molecule has 0 bridgehead atoms. The SMILES string of the molecule is CCC(C=O)Cc1cc(C(C)C)nn1C. The average Bonchev–Trinajstić information content (AvgIpc) is 2.56. The molecule has 1 atom stereocenters. The van der Waals surface area contributed by atoms with E-state index in [0.717, 1.165) is 30.5 Å². The molecular weight excluding hydrogens is 188 g/mol. The van der Waals surface area contributed by atoms with Crippen molar-refractivity contribution in [2.75, 3.05) is 0 Å². The van der Waals surface area contributed by atoms with E-state index in [-0.39, 0.29) is 5.92 Å². The third kappa shape index (κ3) is 2.91. The lowest BCUT2D eigenvalue weighted by Gasteiger charge is -2.06. The molecule has 1 unspecified atom stereocenters. The molecule has 1 heterocycles. The number of aromatic nitrogens is 2. The highest BCUT2D eigenvalue weighted by Gasteiger charge is 2.12. The topological polar surface area (TPSA) is 34.9 Å². The molecular formula is C12H20N2O. The molecule has 1 aromatic rings. The van der Waals surface area contributed by atoms with E-state index < -0.39 is 0 Å². The van der Waals surface area contributed by atoms with Crippen molar-refractivity contribution < 1.29 is 4.79 Å². The van der Waals surface area contributed by atoms with E-state index in [1.807, 2.05) is 18.7 Å². The van der Waals surface area contributed by atoms with E-state index in [0.29, 0.717) is 5.92 Å². The van der Waals surface area contributed by atoms with Gasteiger partial charge in [-0.2, -0.15) is 5.10 Å². The first-order valence-electron chi connectivity index (χ1n) is 5.56. The number of hydrogen-bond donors (Lipinski definition) is 0. The van der Waals surface area contributed by atoms with Gasteiger partial charge < -0.3 is 4.79 Å². The number of nitrogens with zero attached hydrogens (tertiary/aromatic N) is 2. The standard InChI is InChI=1S/C12H20N2O/c1-5-10(8-15)6-11-7-12(9(2)3)13-14(11)4/h7-10H,5-6H2,1-4H3. The summed E-state index contributed by atoms with van der Waals surface area (Å²) < 4.78 is 1.89. The minimum Gasteiger partial charge on any atom is -0.303 e. The van der Waals surface area contributed by atoms with Gasteiger partial charge in [0.05, 0.1) is 5.69 Å². The molecule has 0 fully saturated rings. The maximum absolute atomic E-state index is 10.8. The molecule has 0 aliphatic carbocycles. The highest BCUT2D eigenvalue weighted by atomic mass is 16.1. The highest BCUT2D eigenvalue weighted by molar-refractivity contribution is 5.53. The van der Waals surface area contributed by atoms with E-state index in [2.05, 4.69) is 25.0 Å². The van der Waals surface area contributed by atoms with Crippen molar-refractivity contribution in [3.8, 4) is 0 Å². The highest BCUT2D eigenvalue weighted by Crippen LogP contribution is 2.16. The van der Waals surface area contributed by atoms with Gasteiger partial charge in [-0.25, -0.2) is 0 Å². The fraction of sp³-hybridized carbons (Fsp3) is 0.667. The minimum atomic E-state index is 0.125. The summed E-state index contributed by atoms with van der Waals surface area (Å²) >= 11 is 0. The number of aldehydes is 1. The van der Waals surface area contributed by atoms with Crippen LogP contribution < -0.4 is 0 Å². The van der Waals surface area contributed by atoms with Gasteiger partial charge in [0.25, 0.3) is 0 Å². The van der Waals surface area contributed by atoms with E-state index in [1.165, 1.54) is 0 Å². The summed E-state index contributed by atoms with van der Waals surface area (Å²) in [6.45, 7) is 6.30. The predicted octanol–water partition coefficient (Wildman–Crippen LogP) is 2.31. The van der Waals surface area contributed by atoms with Crippen molar-refractivity contribution >= 4 is 6.29 Å². The van der Waals surface area contributed by atoms with Crippen molar-refractivity contribution in [1.29, 1.82) is 0 Å². The lowest BCUT2D eigenvalue weighted by atomic mass is 10.0. The van der Waals surface area contributed by atoms with Crippen LogP contribution in [0.25, 0.3) is 0 Å². The summed E-state index contributed by atoms with van der Waals surface area (Å²) in [6, 6.07) is 2.11. The van der Waals surface area contributed by atoms with Gasteiger partial charge >= 0.3 is 0 Å².